The Morgan fingerprint density at radius 1 is 1.18 bits per heavy atom. The number of ketones is 1. The summed E-state index contributed by atoms with van der Waals surface area (Å²) < 4.78 is 14.9. The molecular formula is C27H23FN4O. The molecule has 5 nitrogen and oxygen atoms in total. The van der Waals surface area contributed by atoms with E-state index in [2.05, 4.69) is 11.1 Å². The number of nitrogens with zero attached hydrogens (tertiary/aromatic N) is 4. The van der Waals surface area contributed by atoms with E-state index in [1.165, 1.54) is 6.07 Å². The monoisotopic (exact) mass is 438 g/mol. The van der Waals surface area contributed by atoms with Crippen molar-refractivity contribution in [1.29, 1.82) is 5.26 Å². The van der Waals surface area contributed by atoms with Crippen LogP contribution in [0.4, 0.5) is 4.39 Å². The fourth-order valence-electron chi connectivity index (χ4n) is 5.38. The molecular weight excluding hydrogens is 415 g/mol. The Balaban J connectivity index is 1.82. The highest BCUT2D eigenvalue weighted by atomic mass is 19.1. The van der Waals surface area contributed by atoms with Crippen molar-refractivity contribution in [3.05, 3.63) is 77.0 Å². The van der Waals surface area contributed by atoms with Crippen LogP contribution in [0.3, 0.4) is 0 Å². The second-order valence-corrected chi connectivity index (χ2v) is 9.14. The van der Waals surface area contributed by atoms with Gasteiger partial charge in [-0.2, -0.15) is 5.26 Å². The summed E-state index contributed by atoms with van der Waals surface area (Å²) in [5.74, 6) is -0.298. The summed E-state index contributed by atoms with van der Waals surface area (Å²) in [7, 11) is 0. The first-order chi connectivity index (χ1) is 15.8. The van der Waals surface area contributed by atoms with Gasteiger partial charge in [-0.1, -0.05) is 32.1 Å². The number of aryl methyl sites for hydroxylation is 1. The van der Waals surface area contributed by atoms with Gasteiger partial charge in [0.2, 0.25) is 0 Å². The summed E-state index contributed by atoms with van der Waals surface area (Å²) in [5, 5.41) is 9.63. The standard InChI is InChI=1S/C27H23FN4O/c1-15-8-9-17(14-30-15)26-31-23(19-6-4-5-7-22(19)28)20-10-11-21-16(2)24(33)18(13-29)12-27(21,3)25(20)32-26/h4-9,12,14,16,21H,10-11H2,1-3H3/t16-,21-,27-/m1/s1. The van der Waals surface area contributed by atoms with E-state index in [0.717, 1.165) is 28.9 Å². The number of carbonyl (C=O) groups excluding carboxylic acids is 1. The molecule has 2 heterocycles. The van der Waals surface area contributed by atoms with E-state index in [0.29, 0.717) is 23.5 Å². The number of rotatable bonds is 2. The molecule has 0 amide bonds. The average Bonchev–Trinajstić information content (AvgIpc) is 2.82. The van der Waals surface area contributed by atoms with Crippen LogP contribution in [0.15, 0.2) is 54.2 Å². The molecule has 0 fully saturated rings. The van der Waals surface area contributed by atoms with Crippen LogP contribution in [0.5, 0.6) is 0 Å². The van der Waals surface area contributed by atoms with Crippen molar-refractivity contribution in [2.24, 2.45) is 11.8 Å². The number of allylic oxidation sites excluding steroid dienone is 2. The van der Waals surface area contributed by atoms with Crippen LogP contribution in [0, 0.1) is 35.9 Å². The molecule has 0 unspecified atom stereocenters. The molecule has 6 heteroatoms. The largest absolute Gasteiger partial charge is 0.293 e. The summed E-state index contributed by atoms with van der Waals surface area (Å²) in [6, 6.07) is 12.5. The summed E-state index contributed by atoms with van der Waals surface area (Å²) >= 11 is 0. The maximum atomic E-state index is 14.9. The number of fused-ring (bicyclic) bond motifs is 3. The van der Waals surface area contributed by atoms with Gasteiger partial charge in [0.25, 0.3) is 0 Å². The molecule has 0 bridgehead atoms. The molecule has 2 aliphatic rings. The van der Waals surface area contributed by atoms with Crippen molar-refractivity contribution in [1.82, 2.24) is 15.0 Å². The Hall–Kier alpha value is -3.72. The Morgan fingerprint density at radius 3 is 2.67 bits per heavy atom. The average molecular weight is 439 g/mol. The topological polar surface area (TPSA) is 79.5 Å². The number of carbonyl (C=O) groups is 1. The molecule has 3 atom stereocenters. The molecule has 2 aliphatic carbocycles. The minimum Gasteiger partial charge on any atom is -0.293 e. The first kappa shape index (κ1) is 21.1. The summed E-state index contributed by atoms with van der Waals surface area (Å²) in [6.07, 6.45) is 4.86. The van der Waals surface area contributed by atoms with E-state index in [1.807, 2.05) is 32.9 Å². The van der Waals surface area contributed by atoms with E-state index in [1.54, 1.807) is 30.5 Å². The van der Waals surface area contributed by atoms with E-state index in [9.17, 15) is 14.4 Å². The first-order valence-corrected chi connectivity index (χ1v) is 11.1. The van der Waals surface area contributed by atoms with Crippen LogP contribution in [0.2, 0.25) is 0 Å². The highest BCUT2D eigenvalue weighted by Gasteiger charge is 2.49. The number of aromatic nitrogens is 3. The van der Waals surface area contributed by atoms with Gasteiger partial charge in [-0.15, -0.1) is 0 Å². The van der Waals surface area contributed by atoms with Crippen molar-refractivity contribution in [2.75, 3.05) is 0 Å². The van der Waals surface area contributed by atoms with Gasteiger partial charge >= 0.3 is 0 Å². The van der Waals surface area contributed by atoms with Gasteiger partial charge in [0, 0.05) is 39.9 Å². The van der Waals surface area contributed by atoms with Gasteiger partial charge in [0.15, 0.2) is 11.6 Å². The summed E-state index contributed by atoms with van der Waals surface area (Å²) in [5.41, 5.74) is 3.75. The predicted molar refractivity (Wildman–Crippen MR) is 122 cm³/mol. The van der Waals surface area contributed by atoms with Crippen molar-refractivity contribution < 1.29 is 9.18 Å². The molecule has 0 saturated heterocycles. The number of benzene rings is 1. The van der Waals surface area contributed by atoms with Crippen LogP contribution in [0.25, 0.3) is 22.6 Å². The van der Waals surface area contributed by atoms with E-state index in [4.69, 9.17) is 9.97 Å². The maximum absolute atomic E-state index is 14.9. The van der Waals surface area contributed by atoms with Crippen LogP contribution in [-0.4, -0.2) is 20.7 Å². The van der Waals surface area contributed by atoms with E-state index >= 15 is 0 Å². The minimum absolute atomic E-state index is 0.00182. The predicted octanol–water partition coefficient (Wildman–Crippen LogP) is 5.14. The molecule has 2 aromatic heterocycles. The molecule has 1 aromatic carbocycles. The maximum Gasteiger partial charge on any atom is 0.176 e. The lowest BCUT2D eigenvalue weighted by molar-refractivity contribution is -0.121. The molecule has 33 heavy (non-hydrogen) atoms. The van der Waals surface area contributed by atoms with Crippen molar-refractivity contribution >= 4 is 5.78 Å². The van der Waals surface area contributed by atoms with Gasteiger partial charge in [-0.05, 0) is 49.9 Å². The Morgan fingerprint density at radius 2 is 1.97 bits per heavy atom. The van der Waals surface area contributed by atoms with Crippen molar-refractivity contribution in [3.8, 4) is 28.7 Å². The second kappa shape index (κ2) is 7.70. The lowest BCUT2D eigenvalue weighted by Gasteiger charge is -2.45. The number of hydrogen-bond acceptors (Lipinski definition) is 5. The molecule has 0 aliphatic heterocycles. The van der Waals surface area contributed by atoms with Gasteiger partial charge in [-0.3, -0.25) is 9.78 Å². The highest BCUT2D eigenvalue weighted by Crippen LogP contribution is 2.51. The quantitative estimate of drug-likeness (QED) is 0.553. The summed E-state index contributed by atoms with van der Waals surface area (Å²) in [4.78, 5) is 26.9. The SMILES string of the molecule is Cc1ccc(-c2nc(-c3ccccc3F)c3c(n2)[C@]2(C)C=C(C#N)C(=O)[C@H](C)[C@H]2CC3)cn1. The Bertz CT molecular complexity index is 1360. The third-order valence-electron chi connectivity index (χ3n) is 7.14. The van der Waals surface area contributed by atoms with Gasteiger partial charge < -0.3 is 0 Å². The molecule has 3 aromatic rings. The fraction of sp³-hybridized carbons (Fsp3) is 0.296. The van der Waals surface area contributed by atoms with Crippen LogP contribution >= 0.6 is 0 Å². The van der Waals surface area contributed by atoms with Gasteiger partial charge in [0.05, 0.1) is 17.0 Å². The Kier molecular flexibility index (Phi) is 4.93. The van der Waals surface area contributed by atoms with Crippen molar-refractivity contribution in [3.63, 3.8) is 0 Å². The smallest absolute Gasteiger partial charge is 0.176 e. The normalized spacial score (nSPS) is 23.8. The number of Topliss-reactive ketones (excluding diaryl/α,β-unsaturated/α-hetero) is 1. The summed E-state index contributed by atoms with van der Waals surface area (Å²) in [6.45, 7) is 5.83. The Labute approximate surface area is 192 Å². The zero-order chi connectivity index (χ0) is 23.3. The number of halogens is 1. The van der Waals surface area contributed by atoms with Gasteiger partial charge in [0.1, 0.15) is 11.9 Å². The van der Waals surface area contributed by atoms with Crippen molar-refractivity contribution in [2.45, 2.75) is 39.0 Å². The second-order valence-electron chi connectivity index (χ2n) is 9.14. The van der Waals surface area contributed by atoms with E-state index in [-0.39, 0.29) is 29.0 Å². The molecule has 0 spiro atoms. The molecule has 0 radical (unpaired) electrons. The number of pyridine rings is 1. The molecule has 0 saturated carbocycles. The molecule has 5 rings (SSSR count). The van der Waals surface area contributed by atoms with Crippen LogP contribution in [-0.2, 0) is 16.6 Å². The van der Waals surface area contributed by atoms with E-state index < -0.39 is 5.41 Å². The molecule has 164 valence electrons. The lowest BCUT2D eigenvalue weighted by atomic mass is 9.57. The first-order valence-electron chi connectivity index (χ1n) is 11.1. The third-order valence-corrected chi connectivity index (χ3v) is 7.14. The molecule has 0 N–H and O–H groups in total. The number of hydrogen-bond donors (Lipinski definition) is 0. The lowest BCUT2D eigenvalue weighted by Crippen LogP contribution is -2.46. The third kappa shape index (κ3) is 3.27. The fourth-order valence-corrected chi connectivity index (χ4v) is 5.38. The van der Waals surface area contributed by atoms with Crippen LogP contribution in [0.1, 0.15) is 37.2 Å². The zero-order valence-electron chi connectivity index (χ0n) is 18.8. The number of nitriles is 1. The van der Waals surface area contributed by atoms with Crippen LogP contribution < -0.4 is 0 Å². The zero-order valence-corrected chi connectivity index (χ0v) is 18.8. The minimum atomic E-state index is -0.637. The highest BCUT2D eigenvalue weighted by molar-refractivity contribution is 6.02. The van der Waals surface area contributed by atoms with Gasteiger partial charge in [-0.25, -0.2) is 14.4 Å².